The molecule has 0 fully saturated rings. The van der Waals surface area contributed by atoms with E-state index in [4.69, 9.17) is 11.6 Å². The maximum atomic E-state index is 9.77. The molecule has 0 amide bonds. The summed E-state index contributed by atoms with van der Waals surface area (Å²) in [5.74, 6) is 1.46. The van der Waals surface area contributed by atoms with E-state index in [1.165, 1.54) is 0 Å². The van der Waals surface area contributed by atoms with E-state index in [-0.39, 0.29) is 6.10 Å². The van der Waals surface area contributed by atoms with Gasteiger partial charge in [-0.05, 0) is 18.8 Å². The number of halogens is 1. The Hall–Kier alpha value is -0.580. The molecule has 0 aliphatic carbocycles. The molecule has 0 aromatic carbocycles. The van der Waals surface area contributed by atoms with E-state index in [2.05, 4.69) is 36.1 Å². The third-order valence-corrected chi connectivity index (χ3v) is 3.28. The van der Waals surface area contributed by atoms with Gasteiger partial charge < -0.3 is 15.4 Å². The van der Waals surface area contributed by atoms with E-state index in [9.17, 15) is 5.11 Å². The Morgan fingerprint density at radius 1 is 1.42 bits per heavy atom. The van der Waals surface area contributed by atoms with Gasteiger partial charge in [-0.1, -0.05) is 38.8 Å². The number of rotatable bonds is 9. The summed E-state index contributed by atoms with van der Waals surface area (Å²) in [7, 11) is 0. The molecule has 110 valence electrons. The maximum Gasteiger partial charge on any atom is 0.151 e. The Labute approximate surface area is 121 Å². The maximum absolute atomic E-state index is 9.77. The Morgan fingerprint density at radius 2 is 2.16 bits per heavy atom. The third-order valence-electron chi connectivity index (χ3n) is 2.97. The van der Waals surface area contributed by atoms with Crippen LogP contribution in [0.2, 0.25) is 5.15 Å². The molecule has 5 heteroatoms. The number of imidazole rings is 1. The number of aryl methyl sites for hydroxylation is 1. The van der Waals surface area contributed by atoms with Crippen molar-refractivity contribution in [2.75, 3.05) is 6.54 Å². The van der Waals surface area contributed by atoms with E-state index in [1.54, 1.807) is 0 Å². The zero-order valence-electron chi connectivity index (χ0n) is 12.2. The Kier molecular flexibility index (Phi) is 7.42. The highest BCUT2D eigenvalue weighted by Crippen LogP contribution is 2.14. The van der Waals surface area contributed by atoms with Crippen LogP contribution in [0.1, 0.15) is 51.6 Å². The van der Waals surface area contributed by atoms with Crippen molar-refractivity contribution in [3.05, 3.63) is 16.7 Å². The summed E-state index contributed by atoms with van der Waals surface area (Å²) < 4.78 is 0. The van der Waals surface area contributed by atoms with E-state index >= 15 is 0 Å². The number of aromatic nitrogens is 2. The van der Waals surface area contributed by atoms with Crippen molar-refractivity contribution in [2.45, 2.75) is 59.1 Å². The quantitative estimate of drug-likeness (QED) is 0.654. The molecule has 0 aliphatic rings. The number of hydrogen-bond donors (Lipinski definition) is 3. The number of hydrogen-bond acceptors (Lipinski definition) is 3. The molecule has 3 N–H and O–H groups in total. The molecule has 1 aromatic heterocycles. The van der Waals surface area contributed by atoms with Gasteiger partial charge in [0, 0.05) is 19.5 Å². The Bertz CT molecular complexity index is 366. The molecular weight excluding hydrogens is 262 g/mol. The number of H-pyrrole nitrogens is 1. The van der Waals surface area contributed by atoms with Crippen molar-refractivity contribution in [3.8, 4) is 0 Å². The molecule has 1 unspecified atom stereocenters. The van der Waals surface area contributed by atoms with Crippen molar-refractivity contribution >= 4 is 11.6 Å². The summed E-state index contributed by atoms with van der Waals surface area (Å²) in [5.41, 5.74) is 0.907. The van der Waals surface area contributed by atoms with Crippen LogP contribution in [0.4, 0.5) is 0 Å². The van der Waals surface area contributed by atoms with Gasteiger partial charge in [-0.25, -0.2) is 4.98 Å². The SMILES string of the molecule is CCCCc1nc(Cl)c(CNCC(O)CC(C)C)[nH]1. The van der Waals surface area contributed by atoms with Crippen molar-refractivity contribution < 1.29 is 5.11 Å². The zero-order chi connectivity index (χ0) is 14.3. The molecule has 0 radical (unpaired) electrons. The highest BCUT2D eigenvalue weighted by molar-refractivity contribution is 6.30. The van der Waals surface area contributed by atoms with Gasteiger partial charge in [0.05, 0.1) is 11.8 Å². The summed E-state index contributed by atoms with van der Waals surface area (Å²) in [5, 5.41) is 13.5. The fourth-order valence-electron chi connectivity index (χ4n) is 2.01. The molecule has 1 atom stereocenters. The van der Waals surface area contributed by atoms with Crippen molar-refractivity contribution in [1.29, 1.82) is 0 Å². The summed E-state index contributed by atoms with van der Waals surface area (Å²) in [4.78, 5) is 7.55. The number of aromatic amines is 1. The lowest BCUT2D eigenvalue weighted by Gasteiger charge is -2.13. The highest BCUT2D eigenvalue weighted by Gasteiger charge is 2.10. The summed E-state index contributed by atoms with van der Waals surface area (Å²) in [6.07, 6.45) is 3.70. The monoisotopic (exact) mass is 287 g/mol. The molecule has 0 spiro atoms. The first-order valence-electron chi connectivity index (χ1n) is 7.15. The molecule has 4 nitrogen and oxygen atoms in total. The van der Waals surface area contributed by atoms with E-state index in [1.807, 2.05) is 0 Å². The topological polar surface area (TPSA) is 60.9 Å². The predicted molar refractivity (Wildman–Crippen MR) is 79.4 cm³/mol. The average molecular weight is 288 g/mol. The van der Waals surface area contributed by atoms with E-state index in [0.29, 0.717) is 24.2 Å². The lowest BCUT2D eigenvalue weighted by atomic mass is 10.1. The molecule has 0 saturated carbocycles. The van der Waals surface area contributed by atoms with Crippen LogP contribution in [0.3, 0.4) is 0 Å². The summed E-state index contributed by atoms with van der Waals surface area (Å²) in [6.45, 7) is 7.57. The van der Waals surface area contributed by atoms with Crippen LogP contribution in [0.15, 0.2) is 0 Å². The number of nitrogens with one attached hydrogen (secondary N) is 2. The van der Waals surface area contributed by atoms with Crippen LogP contribution in [0.5, 0.6) is 0 Å². The smallest absolute Gasteiger partial charge is 0.151 e. The summed E-state index contributed by atoms with van der Waals surface area (Å²) in [6, 6.07) is 0. The number of unbranched alkanes of at least 4 members (excludes halogenated alkanes) is 1. The molecule has 1 aromatic rings. The van der Waals surface area contributed by atoms with Crippen LogP contribution in [-0.4, -0.2) is 27.7 Å². The minimum atomic E-state index is -0.304. The third kappa shape index (κ3) is 6.41. The van der Waals surface area contributed by atoms with Gasteiger partial charge in [0.1, 0.15) is 5.82 Å². The van der Waals surface area contributed by atoms with E-state index in [0.717, 1.165) is 37.2 Å². The van der Waals surface area contributed by atoms with Gasteiger partial charge in [0.2, 0.25) is 0 Å². The molecule has 0 saturated heterocycles. The first kappa shape index (κ1) is 16.5. The Morgan fingerprint density at radius 3 is 2.79 bits per heavy atom. The number of aliphatic hydroxyl groups excluding tert-OH is 1. The normalized spacial score (nSPS) is 13.2. The molecule has 1 rings (SSSR count). The van der Waals surface area contributed by atoms with Crippen LogP contribution in [0, 0.1) is 5.92 Å². The van der Waals surface area contributed by atoms with Crippen LogP contribution < -0.4 is 5.32 Å². The second kappa shape index (κ2) is 8.56. The fourth-order valence-corrected chi connectivity index (χ4v) is 2.23. The fraction of sp³-hybridized carbons (Fsp3) is 0.786. The Balaban J connectivity index is 2.34. The van der Waals surface area contributed by atoms with Crippen LogP contribution in [0.25, 0.3) is 0 Å². The molecule has 1 heterocycles. The largest absolute Gasteiger partial charge is 0.392 e. The first-order chi connectivity index (χ1) is 9.02. The summed E-state index contributed by atoms with van der Waals surface area (Å²) >= 11 is 6.08. The number of nitrogens with zero attached hydrogens (tertiary/aromatic N) is 1. The highest BCUT2D eigenvalue weighted by atomic mass is 35.5. The second-order valence-corrected chi connectivity index (χ2v) is 5.83. The van der Waals surface area contributed by atoms with Crippen LogP contribution in [-0.2, 0) is 13.0 Å². The van der Waals surface area contributed by atoms with E-state index < -0.39 is 0 Å². The minimum absolute atomic E-state index is 0.304. The molecule has 19 heavy (non-hydrogen) atoms. The molecule has 0 bridgehead atoms. The first-order valence-corrected chi connectivity index (χ1v) is 7.52. The zero-order valence-corrected chi connectivity index (χ0v) is 12.9. The van der Waals surface area contributed by atoms with Gasteiger partial charge in [-0.15, -0.1) is 0 Å². The van der Waals surface area contributed by atoms with Gasteiger partial charge in [-0.3, -0.25) is 0 Å². The van der Waals surface area contributed by atoms with Gasteiger partial charge in [-0.2, -0.15) is 0 Å². The van der Waals surface area contributed by atoms with Gasteiger partial charge >= 0.3 is 0 Å². The van der Waals surface area contributed by atoms with Crippen molar-refractivity contribution in [1.82, 2.24) is 15.3 Å². The van der Waals surface area contributed by atoms with Crippen LogP contribution >= 0.6 is 11.6 Å². The van der Waals surface area contributed by atoms with Crippen molar-refractivity contribution in [3.63, 3.8) is 0 Å². The lowest BCUT2D eigenvalue weighted by molar-refractivity contribution is 0.146. The molecule has 0 aliphatic heterocycles. The standard InChI is InChI=1S/C14H26ClN3O/c1-4-5-6-13-17-12(14(15)18-13)9-16-8-11(19)7-10(2)3/h10-11,16,19H,4-9H2,1-3H3,(H,17,18). The molecular formula is C14H26ClN3O. The van der Waals surface area contributed by atoms with Gasteiger partial charge in [0.25, 0.3) is 0 Å². The van der Waals surface area contributed by atoms with Crippen molar-refractivity contribution in [2.24, 2.45) is 5.92 Å². The number of aliphatic hydroxyl groups is 1. The van der Waals surface area contributed by atoms with Gasteiger partial charge in [0.15, 0.2) is 5.15 Å². The average Bonchev–Trinajstić information content (AvgIpc) is 2.66. The lowest BCUT2D eigenvalue weighted by Crippen LogP contribution is -2.27. The minimum Gasteiger partial charge on any atom is -0.392 e. The second-order valence-electron chi connectivity index (χ2n) is 5.47. The predicted octanol–water partition coefficient (Wildman–Crippen LogP) is 2.90.